The minimum Gasteiger partial charge on any atom is -0.343 e. The molecule has 1 atom stereocenters. The van der Waals surface area contributed by atoms with Gasteiger partial charge in [0.1, 0.15) is 0 Å². The number of carbonyl (C=O) groups excluding carboxylic acids is 1. The molecule has 0 aliphatic carbocycles. The van der Waals surface area contributed by atoms with Crippen molar-refractivity contribution in [2.45, 2.75) is 39.5 Å². The van der Waals surface area contributed by atoms with E-state index in [4.69, 9.17) is 0 Å². The van der Waals surface area contributed by atoms with Gasteiger partial charge in [0.05, 0.1) is 0 Å². The molecule has 0 unspecified atom stereocenters. The maximum Gasteiger partial charge on any atom is 0.219 e. The first kappa shape index (κ1) is 9.56. The quantitative estimate of drug-likeness (QED) is 0.619. The van der Waals surface area contributed by atoms with E-state index in [-0.39, 0.29) is 5.91 Å². The normalized spacial score (nSPS) is 24.2. The minimum atomic E-state index is 0.246. The summed E-state index contributed by atoms with van der Waals surface area (Å²) in [7, 11) is 0. The van der Waals surface area contributed by atoms with Gasteiger partial charge in [0.2, 0.25) is 5.91 Å². The molecule has 1 saturated heterocycles. The van der Waals surface area contributed by atoms with Crippen molar-refractivity contribution in [2.75, 3.05) is 13.1 Å². The highest BCUT2D eigenvalue weighted by molar-refractivity contribution is 5.73. The molecule has 0 radical (unpaired) electrons. The molecule has 0 N–H and O–H groups in total. The molecule has 2 nitrogen and oxygen atoms in total. The second-order valence-corrected chi connectivity index (χ2v) is 3.76. The Morgan fingerprint density at radius 3 is 2.92 bits per heavy atom. The van der Waals surface area contributed by atoms with E-state index in [0.717, 1.165) is 19.0 Å². The van der Waals surface area contributed by atoms with Gasteiger partial charge in [-0.2, -0.15) is 0 Å². The number of carbonyl (C=O) groups is 1. The molecule has 1 amide bonds. The van der Waals surface area contributed by atoms with Crippen molar-refractivity contribution in [3.8, 4) is 0 Å². The van der Waals surface area contributed by atoms with E-state index >= 15 is 0 Å². The predicted octanol–water partition coefficient (Wildman–Crippen LogP) is 2.04. The van der Waals surface area contributed by atoms with Crippen LogP contribution in [0.1, 0.15) is 39.5 Å². The summed E-state index contributed by atoms with van der Waals surface area (Å²) in [5, 5.41) is 0. The van der Waals surface area contributed by atoms with Gasteiger partial charge in [0.15, 0.2) is 0 Å². The van der Waals surface area contributed by atoms with Crippen molar-refractivity contribution >= 4 is 5.91 Å². The number of likely N-dealkylation sites (tertiary alicyclic amines) is 1. The standard InChI is InChI=1S/C10H19NO/c1-3-5-10-6-4-7-11(8-10)9(2)12/h10H,3-8H2,1-2H3/t10-/m0/s1. The first-order chi connectivity index (χ1) is 5.74. The first-order valence-corrected chi connectivity index (χ1v) is 4.99. The van der Waals surface area contributed by atoms with Gasteiger partial charge in [-0.15, -0.1) is 0 Å². The number of piperidine rings is 1. The molecule has 1 heterocycles. The molecule has 0 saturated carbocycles. The maximum atomic E-state index is 11.1. The van der Waals surface area contributed by atoms with E-state index in [1.54, 1.807) is 6.92 Å². The molecule has 0 spiro atoms. The lowest BCUT2D eigenvalue weighted by Gasteiger charge is -2.31. The minimum absolute atomic E-state index is 0.246. The molecule has 0 aromatic heterocycles. The zero-order valence-electron chi connectivity index (χ0n) is 8.18. The Morgan fingerprint density at radius 2 is 2.33 bits per heavy atom. The summed E-state index contributed by atoms with van der Waals surface area (Å²) in [6, 6.07) is 0. The summed E-state index contributed by atoms with van der Waals surface area (Å²) in [5.74, 6) is 1.02. The van der Waals surface area contributed by atoms with Crippen molar-refractivity contribution in [2.24, 2.45) is 5.92 Å². The van der Waals surface area contributed by atoms with Crippen LogP contribution in [0.5, 0.6) is 0 Å². The molecule has 0 aromatic rings. The fourth-order valence-corrected chi connectivity index (χ4v) is 1.99. The van der Waals surface area contributed by atoms with Crippen LogP contribution in [0.3, 0.4) is 0 Å². The van der Waals surface area contributed by atoms with Crippen molar-refractivity contribution in [3.63, 3.8) is 0 Å². The van der Waals surface area contributed by atoms with Gasteiger partial charge >= 0.3 is 0 Å². The van der Waals surface area contributed by atoms with Crippen molar-refractivity contribution in [1.82, 2.24) is 4.90 Å². The first-order valence-electron chi connectivity index (χ1n) is 4.99. The van der Waals surface area contributed by atoms with Gasteiger partial charge in [-0.05, 0) is 25.2 Å². The summed E-state index contributed by atoms with van der Waals surface area (Å²) in [6.07, 6.45) is 5.04. The van der Waals surface area contributed by atoms with Crippen molar-refractivity contribution in [3.05, 3.63) is 0 Å². The Kier molecular flexibility index (Phi) is 3.57. The molecular weight excluding hydrogens is 150 g/mol. The monoisotopic (exact) mass is 169 g/mol. The fraction of sp³-hybridized carbons (Fsp3) is 0.900. The third-order valence-corrected chi connectivity index (χ3v) is 2.66. The van der Waals surface area contributed by atoms with Crippen LogP contribution in [0.25, 0.3) is 0 Å². The molecule has 1 fully saturated rings. The second-order valence-electron chi connectivity index (χ2n) is 3.76. The van der Waals surface area contributed by atoms with Gasteiger partial charge in [0.25, 0.3) is 0 Å². The van der Waals surface area contributed by atoms with E-state index in [9.17, 15) is 4.79 Å². The van der Waals surface area contributed by atoms with E-state index in [1.807, 2.05) is 4.90 Å². The fourth-order valence-electron chi connectivity index (χ4n) is 1.99. The zero-order valence-corrected chi connectivity index (χ0v) is 8.18. The van der Waals surface area contributed by atoms with Crippen molar-refractivity contribution < 1.29 is 4.79 Å². The number of amides is 1. The van der Waals surface area contributed by atoms with E-state index in [1.165, 1.54) is 25.7 Å². The van der Waals surface area contributed by atoms with E-state index in [0.29, 0.717) is 0 Å². The Balaban J connectivity index is 2.35. The lowest BCUT2D eigenvalue weighted by Crippen LogP contribution is -2.38. The summed E-state index contributed by atoms with van der Waals surface area (Å²) < 4.78 is 0. The summed E-state index contributed by atoms with van der Waals surface area (Å²) in [5.41, 5.74) is 0. The summed E-state index contributed by atoms with van der Waals surface area (Å²) >= 11 is 0. The zero-order chi connectivity index (χ0) is 8.97. The van der Waals surface area contributed by atoms with Crippen LogP contribution in [0.15, 0.2) is 0 Å². The highest BCUT2D eigenvalue weighted by Crippen LogP contribution is 2.20. The molecule has 0 bridgehead atoms. The molecule has 2 heteroatoms. The summed E-state index contributed by atoms with van der Waals surface area (Å²) in [6.45, 7) is 5.87. The lowest BCUT2D eigenvalue weighted by atomic mass is 9.94. The van der Waals surface area contributed by atoms with Crippen LogP contribution >= 0.6 is 0 Å². The highest BCUT2D eigenvalue weighted by Gasteiger charge is 2.20. The van der Waals surface area contributed by atoms with Gasteiger partial charge in [-0.25, -0.2) is 0 Å². The Morgan fingerprint density at radius 1 is 1.58 bits per heavy atom. The largest absolute Gasteiger partial charge is 0.343 e. The lowest BCUT2D eigenvalue weighted by molar-refractivity contribution is -0.130. The molecule has 12 heavy (non-hydrogen) atoms. The molecule has 1 aliphatic heterocycles. The van der Waals surface area contributed by atoms with Crippen LogP contribution in [0, 0.1) is 5.92 Å². The van der Waals surface area contributed by atoms with Gasteiger partial charge < -0.3 is 4.90 Å². The number of hydrogen-bond acceptors (Lipinski definition) is 1. The van der Waals surface area contributed by atoms with Crippen LogP contribution < -0.4 is 0 Å². The molecule has 0 aromatic carbocycles. The average Bonchev–Trinajstić information content (AvgIpc) is 2.05. The maximum absolute atomic E-state index is 11.1. The Bertz CT molecular complexity index is 154. The van der Waals surface area contributed by atoms with Gasteiger partial charge in [-0.1, -0.05) is 13.3 Å². The SMILES string of the molecule is CCC[C@H]1CCCN(C(C)=O)C1. The third-order valence-electron chi connectivity index (χ3n) is 2.66. The van der Waals surface area contributed by atoms with Gasteiger partial charge in [-0.3, -0.25) is 4.79 Å². The Hall–Kier alpha value is -0.530. The van der Waals surface area contributed by atoms with E-state index < -0.39 is 0 Å². The molecule has 1 rings (SSSR count). The smallest absolute Gasteiger partial charge is 0.219 e. The highest BCUT2D eigenvalue weighted by atomic mass is 16.2. The van der Waals surface area contributed by atoms with Crippen molar-refractivity contribution in [1.29, 1.82) is 0 Å². The molecule has 70 valence electrons. The van der Waals surface area contributed by atoms with Crippen LogP contribution in [0.2, 0.25) is 0 Å². The van der Waals surface area contributed by atoms with E-state index in [2.05, 4.69) is 6.92 Å². The molecular formula is C10H19NO. The average molecular weight is 169 g/mol. The second kappa shape index (κ2) is 4.48. The van der Waals surface area contributed by atoms with Crippen LogP contribution in [0.4, 0.5) is 0 Å². The number of hydrogen-bond donors (Lipinski definition) is 0. The van der Waals surface area contributed by atoms with Crippen LogP contribution in [-0.4, -0.2) is 23.9 Å². The third kappa shape index (κ3) is 2.50. The topological polar surface area (TPSA) is 20.3 Å². The van der Waals surface area contributed by atoms with Crippen LogP contribution in [-0.2, 0) is 4.79 Å². The number of nitrogens with zero attached hydrogens (tertiary/aromatic N) is 1. The predicted molar refractivity (Wildman–Crippen MR) is 49.9 cm³/mol. The number of rotatable bonds is 2. The Labute approximate surface area is 74.9 Å². The summed E-state index contributed by atoms with van der Waals surface area (Å²) in [4.78, 5) is 13.1. The van der Waals surface area contributed by atoms with Gasteiger partial charge in [0, 0.05) is 20.0 Å². The molecule has 1 aliphatic rings.